The van der Waals surface area contributed by atoms with Gasteiger partial charge in [-0.15, -0.1) is 0 Å². The van der Waals surface area contributed by atoms with Crippen molar-refractivity contribution >= 4 is 33.3 Å². The summed E-state index contributed by atoms with van der Waals surface area (Å²) in [5, 5.41) is 3.14. The van der Waals surface area contributed by atoms with Gasteiger partial charge in [0.2, 0.25) is 15.9 Å². The van der Waals surface area contributed by atoms with Crippen molar-refractivity contribution in [3.63, 3.8) is 0 Å². The number of piperidine rings is 1. The van der Waals surface area contributed by atoms with Crippen LogP contribution >= 0.6 is 12.2 Å². The Balaban J connectivity index is 2.36. The van der Waals surface area contributed by atoms with Gasteiger partial charge in [0, 0.05) is 26.7 Å². The summed E-state index contributed by atoms with van der Waals surface area (Å²) in [5.74, 6) is -0.637. The summed E-state index contributed by atoms with van der Waals surface area (Å²) in [4.78, 5) is 12.0. The highest BCUT2D eigenvalue weighted by Gasteiger charge is 2.30. The fourth-order valence-corrected chi connectivity index (χ4v) is 3.05. The lowest BCUT2D eigenvalue weighted by atomic mass is 9.99. The summed E-state index contributed by atoms with van der Waals surface area (Å²) in [6, 6.07) is 0. The van der Waals surface area contributed by atoms with Gasteiger partial charge in [0.05, 0.1) is 18.8 Å². The molecule has 1 saturated heterocycles. The Kier molecular flexibility index (Phi) is 7.29. The smallest absolute Gasteiger partial charge is 0.242 e. The van der Waals surface area contributed by atoms with Gasteiger partial charge in [0.1, 0.15) is 0 Å². The first kappa shape index (κ1) is 18.1. The van der Waals surface area contributed by atoms with Gasteiger partial charge >= 0.3 is 0 Å². The number of methoxy groups -OCH3 is 1. The van der Waals surface area contributed by atoms with Crippen molar-refractivity contribution in [2.75, 3.05) is 39.6 Å². The number of carbonyl (C=O) groups excluding carboxylic acids is 1. The Morgan fingerprint density at radius 3 is 2.76 bits per heavy atom. The first-order valence-corrected chi connectivity index (χ1v) is 8.88. The molecule has 21 heavy (non-hydrogen) atoms. The number of ether oxygens (including phenoxy) is 1. The van der Waals surface area contributed by atoms with Gasteiger partial charge in [-0.1, -0.05) is 0 Å². The number of rotatable bonds is 5. The molecule has 1 aliphatic heterocycles. The molecule has 0 unspecified atom stereocenters. The predicted octanol–water partition coefficient (Wildman–Crippen LogP) is -1.20. The van der Waals surface area contributed by atoms with Crippen LogP contribution in [0.25, 0.3) is 0 Å². The maximum atomic E-state index is 12.0. The van der Waals surface area contributed by atoms with Gasteiger partial charge in [-0.25, -0.2) is 12.7 Å². The van der Waals surface area contributed by atoms with Gasteiger partial charge < -0.3 is 10.1 Å². The molecule has 0 radical (unpaired) electrons. The summed E-state index contributed by atoms with van der Waals surface area (Å²) in [6.45, 7) is 1.70. The normalized spacial score (nSPS) is 19.8. The molecule has 1 fully saturated rings. The van der Waals surface area contributed by atoms with Gasteiger partial charge in [-0.05, 0) is 25.1 Å². The summed E-state index contributed by atoms with van der Waals surface area (Å²) in [7, 11) is -1.68. The molecule has 0 saturated carbocycles. The number of hydrogen-bond acceptors (Lipinski definition) is 5. The molecule has 0 aliphatic carbocycles. The molecule has 3 N–H and O–H groups in total. The fraction of sp³-hybridized carbons (Fsp3) is 0.818. The second-order valence-corrected chi connectivity index (χ2v) is 7.21. The lowest BCUT2D eigenvalue weighted by molar-refractivity contribution is -0.126. The van der Waals surface area contributed by atoms with Crippen LogP contribution in [0.5, 0.6) is 0 Å². The highest BCUT2D eigenvalue weighted by atomic mass is 32.2. The molecular formula is C11H22N4O4S2. The number of carbonyl (C=O) groups is 1. The van der Waals surface area contributed by atoms with E-state index in [9.17, 15) is 13.2 Å². The zero-order valence-electron chi connectivity index (χ0n) is 12.2. The molecule has 1 aliphatic rings. The Morgan fingerprint density at radius 2 is 2.14 bits per heavy atom. The van der Waals surface area contributed by atoms with Crippen molar-refractivity contribution in [3.05, 3.63) is 0 Å². The van der Waals surface area contributed by atoms with Gasteiger partial charge in [-0.2, -0.15) is 0 Å². The van der Waals surface area contributed by atoms with Gasteiger partial charge in [-0.3, -0.25) is 15.6 Å². The Morgan fingerprint density at radius 1 is 1.43 bits per heavy atom. The number of hydrogen-bond donors (Lipinski definition) is 3. The molecule has 1 amide bonds. The number of thiocarbonyl (C=S) groups is 1. The molecule has 122 valence electrons. The maximum absolute atomic E-state index is 12.0. The number of nitrogens with one attached hydrogen (secondary N) is 3. The number of hydrazine groups is 1. The van der Waals surface area contributed by atoms with Crippen LogP contribution in [0.4, 0.5) is 0 Å². The zero-order chi connectivity index (χ0) is 15.9. The van der Waals surface area contributed by atoms with E-state index in [0.29, 0.717) is 32.5 Å². The first-order valence-electron chi connectivity index (χ1n) is 6.62. The highest BCUT2D eigenvalue weighted by Crippen LogP contribution is 2.18. The van der Waals surface area contributed by atoms with E-state index < -0.39 is 10.0 Å². The first-order chi connectivity index (χ1) is 9.84. The minimum Gasteiger partial charge on any atom is -0.383 e. The quantitative estimate of drug-likeness (QED) is 0.329. The molecule has 0 spiro atoms. The summed E-state index contributed by atoms with van der Waals surface area (Å²) < 4.78 is 29.2. The summed E-state index contributed by atoms with van der Waals surface area (Å²) in [5.41, 5.74) is 5.09. The highest BCUT2D eigenvalue weighted by molar-refractivity contribution is 7.88. The minimum absolute atomic E-state index is 0.205. The van der Waals surface area contributed by atoms with Gasteiger partial charge in [0.15, 0.2) is 5.11 Å². The lowest BCUT2D eigenvalue weighted by Gasteiger charge is -2.30. The molecule has 0 bridgehead atoms. The minimum atomic E-state index is -3.26. The standard InChI is InChI=1S/C11H22N4O4S2/c1-19-7-5-12-11(20)14-13-10(16)9-4-3-6-15(8-9)21(2,17)18/h9H,3-8H2,1-2H3,(H,13,16)(H2,12,14,20)/t9-/m0/s1. The third-order valence-corrected chi connectivity index (χ3v) is 4.63. The third kappa shape index (κ3) is 6.55. The topological polar surface area (TPSA) is 99.8 Å². The van der Waals surface area contributed by atoms with E-state index in [1.54, 1.807) is 7.11 Å². The molecule has 0 aromatic carbocycles. The average Bonchev–Trinajstić information content (AvgIpc) is 2.44. The monoisotopic (exact) mass is 338 g/mol. The average molecular weight is 338 g/mol. The van der Waals surface area contributed by atoms with E-state index in [2.05, 4.69) is 16.2 Å². The second-order valence-electron chi connectivity index (χ2n) is 4.82. The predicted molar refractivity (Wildman–Crippen MR) is 82.9 cm³/mol. The summed E-state index contributed by atoms with van der Waals surface area (Å²) in [6.07, 6.45) is 2.48. The zero-order valence-corrected chi connectivity index (χ0v) is 13.8. The molecule has 1 atom stereocenters. The molecule has 1 heterocycles. The second kappa shape index (κ2) is 8.47. The van der Waals surface area contributed by atoms with Crippen LogP contribution in [0.1, 0.15) is 12.8 Å². The van der Waals surface area contributed by atoms with Crippen LogP contribution in [-0.2, 0) is 19.6 Å². The number of sulfonamides is 1. The molecule has 0 aromatic heterocycles. The van der Waals surface area contributed by atoms with Crippen molar-refractivity contribution in [1.29, 1.82) is 0 Å². The largest absolute Gasteiger partial charge is 0.383 e. The SMILES string of the molecule is COCCNC(=S)NNC(=O)[C@H]1CCCN(S(C)(=O)=O)C1. The molecule has 8 nitrogen and oxygen atoms in total. The molecule has 1 rings (SSSR count). The van der Waals surface area contributed by atoms with Crippen LogP contribution < -0.4 is 16.2 Å². The van der Waals surface area contributed by atoms with Crippen molar-refractivity contribution in [1.82, 2.24) is 20.5 Å². The molecular weight excluding hydrogens is 316 g/mol. The fourth-order valence-electron chi connectivity index (χ4n) is 1.99. The Labute approximate surface area is 130 Å². The number of amides is 1. The van der Waals surface area contributed by atoms with Crippen LogP contribution in [0.2, 0.25) is 0 Å². The van der Waals surface area contributed by atoms with E-state index >= 15 is 0 Å². The Hall–Kier alpha value is -0.970. The van der Waals surface area contributed by atoms with E-state index in [1.807, 2.05) is 0 Å². The van der Waals surface area contributed by atoms with Gasteiger partial charge in [0.25, 0.3) is 0 Å². The van der Waals surface area contributed by atoms with Crippen LogP contribution in [0.15, 0.2) is 0 Å². The Bertz CT molecular complexity index is 469. The van der Waals surface area contributed by atoms with E-state index in [-0.39, 0.29) is 23.5 Å². The third-order valence-electron chi connectivity index (χ3n) is 3.11. The van der Waals surface area contributed by atoms with E-state index in [0.717, 1.165) is 6.26 Å². The molecule has 0 aromatic rings. The van der Waals surface area contributed by atoms with Crippen molar-refractivity contribution in [2.45, 2.75) is 12.8 Å². The van der Waals surface area contributed by atoms with Crippen molar-refractivity contribution in [2.24, 2.45) is 5.92 Å². The number of nitrogens with zero attached hydrogens (tertiary/aromatic N) is 1. The molecule has 10 heteroatoms. The van der Waals surface area contributed by atoms with E-state index in [4.69, 9.17) is 17.0 Å². The van der Waals surface area contributed by atoms with Crippen LogP contribution in [0.3, 0.4) is 0 Å². The lowest BCUT2D eigenvalue weighted by Crippen LogP contribution is -2.52. The van der Waals surface area contributed by atoms with Crippen LogP contribution in [-0.4, -0.2) is 63.3 Å². The van der Waals surface area contributed by atoms with Crippen molar-refractivity contribution in [3.8, 4) is 0 Å². The van der Waals surface area contributed by atoms with Crippen LogP contribution in [0, 0.1) is 5.92 Å². The maximum Gasteiger partial charge on any atom is 0.242 e. The van der Waals surface area contributed by atoms with E-state index in [1.165, 1.54) is 4.31 Å². The van der Waals surface area contributed by atoms with Crippen molar-refractivity contribution < 1.29 is 17.9 Å². The summed E-state index contributed by atoms with van der Waals surface area (Å²) >= 11 is 4.97.